The number of hydrogen-bond donors (Lipinski definition) is 1. The first-order chi connectivity index (χ1) is 12.1. The molecule has 3 rings (SSSR count). The van der Waals surface area contributed by atoms with Gasteiger partial charge in [0, 0.05) is 45.2 Å². The fourth-order valence-corrected chi connectivity index (χ4v) is 4.03. The topological polar surface area (TPSA) is 47.0 Å². The van der Waals surface area contributed by atoms with Crippen molar-refractivity contribution in [3.8, 4) is 0 Å². The van der Waals surface area contributed by atoms with Gasteiger partial charge in [-0.1, -0.05) is 30.3 Å². The van der Waals surface area contributed by atoms with Gasteiger partial charge in [-0.25, -0.2) is 0 Å². The van der Waals surface area contributed by atoms with E-state index in [-0.39, 0.29) is 5.91 Å². The van der Waals surface area contributed by atoms with Crippen LogP contribution >= 0.6 is 0 Å². The minimum Gasteiger partial charge on any atom is -0.390 e. The number of likely N-dealkylation sites (tertiary alicyclic amines) is 1. The summed E-state index contributed by atoms with van der Waals surface area (Å²) in [6, 6.07) is 11.0. The van der Waals surface area contributed by atoms with Crippen LogP contribution in [0.25, 0.3) is 0 Å². The average Bonchev–Trinajstić information content (AvgIpc) is 2.91. The largest absolute Gasteiger partial charge is 0.390 e. The molecule has 2 saturated heterocycles. The normalized spacial score (nSPS) is 24.5. The molecule has 5 nitrogen and oxygen atoms in total. The van der Waals surface area contributed by atoms with Crippen LogP contribution in [0.2, 0.25) is 0 Å². The maximum atomic E-state index is 11.7. The third kappa shape index (κ3) is 5.27. The average molecular weight is 345 g/mol. The van der Waals surface area contributed by atoms with Gasteiger partial charge >= 0.3 is 0 Å². The van der Waals surface area contributed by atoms with Gasteiger partial charge in [0.2, 0.25) is 5.91 Å². The minimum atomic E-state index is -0.454. The van der Waals surface area contributed by atoms with Crippen LogP contribution in [0.4, 0.5) is 0 Å². The summed E-state index contributed by atoms with van der Waals surface area (Å²) in [5, 5.41) is 10.4. The number of benzene rings is 1. The minimum absolute atomic E-state index is 0.192. The second kappa shape index (κ2) is 8.79. The van der Waals surface area contributed by atoms with Crippen molar-refractivity contribution in [1.82, 2.24) is 14.7 Å². The maximum absolute atomic E-state index is 11.7. The lowest BCUT2D eigenvalue weighted by atomic mass is 10.2. The van der Waals surface area contributed by atoms with E-state index in [4.69, 9.17) is 0 Å². The molecule has 2 aliphatic heterocycles. The molecule has 25 heavy (non-hydrogen) atoms. The summed E-state index contributed by atoms with van der Waals surface area (Å²) in [7, 11) is 0. The van der Waals surface area contributed by atoms with Crippen molar-refractivity contribution < 1.29 is 9.90 Å². The molecule has 0 bridgehead atoms. The Morgan fingerprint density at radius 1 is 1.12 bits per heavy atom. The molecular formula is C20H31N3O2. The molecule has 5 heteroatoms. The predicted octanol–water partition coefficient (Wildman–Crippen LogP) is 1.57. The number of carbonyl (C=O) groups excluding carboxylic acids is 1. The molecule has 1 aromatic rings. The van der Waals surface area contributed by atoms with Gasteiger partial charge < -0.3 is 10.0 Å². The standard InChI is InChI=1S/C20H31N3O2/c1-17-13-21(14-18-7-3-2-4-8-18)10-6-12-22(17)15-19(24)16-23-11-5-9-20(23)25/h2-4,7-8,17,19,24H,5-6,9-16H2,1H3/t17-,19+/m0/s1. The fourth-order valence-electron chi connectivity index (χ4n) is 4.03. The maximum Gasteiger partial charge on any atom is 0.222 e. The predicted molar refractivity (Wildman–Crippen MR) is 99.2 cm³/mol. The molecule has 2 fully saturated rings. The van der Waals surface area contributed by atoms with Gasteiger partial charge in [-0.15, -0.1) is 0 Å². The summed E-state index contributed by atoms with van der Waals surface area (Å²) in [5.74, 6) is 0.192. The summed E-state index contributed by atoms with van der Waals surface area (Å²) >= 11 is 0. The summed E-state index contributed by atoms with van der Waals surface area (Å²) in [6.07, 6.45) is 2.23. The van der Waals surface area contributed by atoms with E-state index in [1.807, 2.05) is 4.90 Å². The molecule has 1 aromatic carbocycles. The zero-order valence-electron chi connectivity index (χ0n) is 15.3. The summed E-state index contributed by atoms with van der Waals surface area (Å²) in [6.45, 7) is 8.30. The van der Waals surface area contributed by atoms with Crippen LogP contribution < -0.4 is 0 Å². The van der Waals surface area contributed by atoms with Crippen LogP contribution in [0.3, 0.4) is 0 Å². The lowest BCUT2D eigenvalue weighted by molar-refractivity contribution is -0.129. The van der Waals surface area contributed by atoms with Crippen molar-refractivity contribution in [1.29, 1.82) is 0 Å². The smallest absolute Gasteiger partial charge is 0.222 e. The van der Waals surface area contributed by atoms with Gasteiger partial charge in [0.05, 0.1) is 6.10 Å². The van der Waals surface area contributed by atoms with Gasteiger partial charge in [-0.3, -0.25) is 14.6 Å². The van der Waals surface area contributed by atoms with Crippen molar-refractivity contribution in [2.75, 3.05) is 39.3 Å². The Morgan fingerprint density at radius 2 is 1.92 bits per heavy atom. The highest BCUT2D eigenvalue weighted by atomic mass is 16.3. The van der Waals surface area contributed by atoms with E-state index in [1.165, 1.54) is 5.56 Å². The summed E-state index contributed by atoms with van der Waals surface area (Å²) in [5.41, 5.74) is 1.36. The molecule has 0 spiro atoms. The number of aliphatic hydroxyl groups is 1. The summed E-state index contributed by atoms with van der Waals surface area (Å²) in [4.78, 5) is 18.4. The van der Waals surface area contributed by atoms with Crippen molar-refractivity contribution in [3.05, 3.63) is 35.9 Å². The zero-order chi connectivity index (χ0) is 17.6. The Balaban J connectivity index is 1.49. The highest BCUT2D eigenvalue weighted by Gasteiger charge is 2.26. The molecular weight excluding hydrogens is 314 g/mol. The van der Waals surface area contributed by atoms with Gasteiger partial charge in [0.25, 0.3) is 0 Å². The van der Waals surface area contributed by atoms with Crippen LogP contribution in [-0.4, -0.2) is 77.1 Å². The third-order valence-electron chi connectivity index (χ3n) is 5.36. The number of amides is 1. The van der Waals surface area contributed by atoms with Gasteiger partial charge in [-0.05, 0) is 38.4 Å². The fraction of sp³-hybridized carbons (Fsp3) is 0.650. The Bertz CT molecular complexity index is 551. The number of aliphatic hydroxyl groups excluding tert-OH is 1. The molecule has 2 heterocycles. The number of rotatable bonds is 6. The monoisotopic (exact) mass is 345 g/mol. The first kappa shape index (κ1) is 18.4. The van der Waals surface area contributed by atoms with Crippen molar-refractivity contribution in [2.45, 2.75) is 44.9 Å². The first-order valence-corrected chi connectivity index (χ1v) is 9.58. The molecule has 0 radical (unpaired) electrons. The van der Waals surface area contributed by atoms with Gasteiger partial charge in [0.1, 0.15) is 0 Å². The van der Waals surface area contributed by atoms with Crippen LogP contribution in [0.5, 0.6) is 0 Å². The van der Waals surface area contributed by atoms with Crippen LogP contribution in [-0.2, 0) is 11.3 Å². The highest BCUT2D eigenvalue weighted by molar-refractivity contribution is 5.78. The lowest BCUT2D eigenvalue weighted by Crippen LogP contribution is -2.45. The SMILES string of the molecule is C[C@H]1CN(Cc2ccccc2)CCCN1C[C@@H](O)CN1CCCC1=O. The Hall–Kier alpha value is -1.43. The Kier molecular flexibility index (Phi) is 6.45. The van der Waals surface area contributed by atoms with Gasteiger partial charge in [-0.2, -0.15) is 0 Å². The second-order valence-electron chi connectivity index (χ2n) is 7.52. The second-order valence-corrected chi connectivity index (χ2v) is 7.52. The van der Waals surface area contributed by atoms with Crippen LogP contribution in [0.1, 0.15) is 31.7 Å². The molecule has 138 valence electrons. The third-order valence-corrected chi connectivity index (χ3v) is 5.36. The first-order valence-electron chi connectivity index (χ1n) is 9.58. The van der Waals surface area contributed by atoms with E-state index in [9.17, 15) is 9.90 Å². The molecule has 0 saturated carbocycles. The van der Waals surface area contributed by atoms with E-state index < -0.39 is 6.10 Å². The van der Waals surface area contributed by atoms with Crippen LogP contribution in [0, 0.1) is 0 Å². The van der Waals surface area contributed by atoms with Crippen molar-refractivity contribution >= 4 is 5.91 Å². The molecule has 0 aromatic heterocycles. The Labute approximate surface area is 151 Å². The summed E-state index contributed by atoms with van der Waals surface area (Å²) < 4.78 is 0. The van der Waals surface area contributed by atoms with E-state index in [2.05, 4.69) is 47.1 Å². The zero-order valence-corrected chi connectivity index (χ0v) is 15.3. The van der Waals surface area contributed by atoms with E-state index in [0.717, 1.165) is 45.6 Å². The lowest BCUT2D eigenvalue weighted by Gasteiger charge is -2.31. The molecule has 2 atom stereocenters. The molecule has 2 aliphatic rings. The molecule has 0 unspecified atom stereocenters. The quantitative estimate of drug-likeness (QED) is 0.850. The number of hydrogen-bond acceptors (Lipinski definition) is 4. The van der Waals surface area contributed by atoms with E-state index in [0.29, 0.717) is 25.6 Å². The molecule has 1 N–H and O–H groups in total. The number of carbonyl (C=O) groups is 1. The van der Waals surface area contributed by atoms with Gasteiger partial charge in [0.15, 0.2) is 0 Å². The number of nitrogens with zero attached hydrogens (tertiary/aromatic N) is 3. The van der Waals surface area contributed by atoms with E-state index >= 15 is 0 Å². The number of β-amino-alcohol motifs (C(OH)–C–C–N with tert-alkyl or cyclic N) is 1. The van der Waals surface area contributed by atoms with Crippen molar-refractivity contribution in [2.24, 2.45) is 0 Å². The highest BCUT2D eigenvalue weighted by Crippen LogP contribution is 2.15. The van der Waals surface area contributed by atoms with E-state index in [1.54, 1.807) is 0 Å². The van der Waals surface area contributed by atoms with Crippen molar-refractivity contribution in [3.63, 3.8) is 0 Å². The molecule has 0 aliphatic carbocycles. The van der Waals surface area contributed by atoms with Crippen LogP contribution in [0.15, 0.2) is 30.3 Å². The Morgan fingerprint density at radius 3 is 2.64 bits per heavy atom. The molecule has 1 amide bonds.